The zero-order valence-electron chi connectivity index (χ0n) is 17.5. The number of halogens is 1. The van der Waals surface area contributed by atoms with Gasteiger partial charge in [0.25, 0.3) is 0 Å². The van der Waals surface area contributed by atoms with Crippen LogP contribution in [0.25, 0.3) is 0 Å². The normalized spacial score (nSPS) is 19.2. The molecule has 8 heteroatoms. The summed E-state index contributed by atoms with van der Waals surface area (Å²) in [5, 5.41) is 9.56. The number of benzene rings is 1. The molecule has 0 atom stereocenters. The number of thioether (sulfide) groups is 1. The van der Waals surface area contributed by atoms with Gasteiger partial charge in [0.2, 0.25) is 5.91 Å². The minimum absolute atomic E-state index is 0.0164. The lowest BCUT2D eigenvalue weighted by Gasteiger charge is -2.34. The van der Waals surface area contributed by atoms with Gasteiger partial charge in [-0.2, -0.15) is 0 Å². The summed E-state index contributed by atoms with van der Waals surface area (Å²) in [7, 11) is 0. The van der Waals surface area contributed by atoms with Crippen LogP contribution in [-0.4, -0.2) is 95.0 Å². The van der Waals surface area contributed by atoms with Gasteiger partial charge in [-0.25, -0.2) is 0 Å². The van der Waals surface area contributed by atoms with Crippen molar-refractivity contribution in [2.24, 2.45) is 0 Å². The van der Waals surface area contributed by atoms with Crippen molar-refractivity contribution in [3.8, 4) is 0 Å². The van der Waals surface area contributed by atoms with E-state index in [-0.39, 0.29) is 23.7 Å². The largest absolute Gasteiger partial charge is 0.393 e. The van der Waals surface area contributed by atoms with Gasteiger partial charge in [0.1, 0.15) is 5.88 Å². The second kappa shape index (κ2) is 12.1. The van der Waals surface area contributed by atoms with Crippen molar-refractivity contribution in [3.05, 3.63) is 35.4 Å². The molecular weight excluding hydrogens is 422 g/mol. The van der Waals surface area contributed by atoms with Crippen LogP contribution in [-0.2, 0) is 21.9 Å². The van der Waals surface area contributed by atoms with Gasteiger partial charge in [-0.3, -0.25) is 19.4 Å². The van der Waals surface area contributed by atoms with E-state index in [4.69, 9.17) is 11.6 Å². The van der Waals surface area contributed by atoms with Gasteiger partial charge in [0, 0.05) is 51.6 Å². The predicted octanol–water partition coefficient (Wildman–Crippen LogP) is 1.83. The molecule has 1 aromatic rings. The van der Waals surface area contributed by atoms with Crippen LogP contribution in [0.15, 0.2) is 24.3 Å². The van der Waals surface area contributed by atoms with Crippen molar-refractivity contribution in [1.29, 1.82) is 0 Å². The molecular formula is C22H32ClN3O3S. The van der Waals surface area contributed by atoms with Crippen molar-refractivity contribution in [2.45, 2.75) is 31.2 Å². The fourth-order valence-electron chi connectivity index (χ4n) is 3.97. The Morgan fingerprint density at radius 2 is 1.73 bits per heavy atom. The molecule has 0 spiro atoms. The second-order valence-corrected chi connectivity index (χ2v) is 9.40. The van der Waals surface area contributed by atoms with E-state index in [1.807, 2.05) is 4.90 Å². The van der Waals surface area contributed by atoms with E-state index in [1.54, 1.807) is 11.8 Å². The number of carbonyl (C=O) groups excluding carboxylic acids is 2. The van der Waals surface area contributed by atoms with E-state index in [1.165, 1.54) is 11.1 Å². The Kier molecular flexibility index (Phi) is 9.46. The van der Waals surface area contributed by atoms with E-state index < -0.39 is 0 Å². The Hall–Kier alpha value is -1.12. The van der Waals surface area contributed by atoms with Crippen LogP contribution in [0.1, 0.15) is 24.0 Å². The minimum atomic E-state index is -0.199. The highest BCUT2D eigenvalue weighted by Gasteiger charge is 2.21. The van der Waals surface area contributed by atoms with Crippen molar-refractivity contribution in [2.75, 3.05) is 57.4 Å². The Labute approximate surface area is 188 Å². The first-order chi connectivity index (χ1) is 14.5. The Morgan fingerprint density at radius 3 is 2.43 bits per heavy atom. The molecule has 0 saturated carbocycles. The Bertz CT molecular complexity index is 705. The molecule has 2 fully saturated rings. The number of carbonyl (C=O) groups is 2. The summed E-state index contributed by atoms with van der Waals surface area (Å²) in [6.45, 7) is 6.20. The van der Waals surface area contributed by atoms with Gasteiger partial charge >= 0.3 is 0 Å². The summed E-state index contributed by atoms with van der Waals surface area (Å²) in [4.78, 5) is 30.3. The van der Waals surface area contributed by atoms with E-state index in [0.717, 1.165) is 64.4 Å². The van der Waals surface area contributed by atoms with Gasteiger partial charge in [-0.1, -0.05) is 24.3 Å². The number of Topliss-reactive ketones (excluding diaryl/α,β-unsaturated/α-hetero) is 1. The molecule has 3 rings (SSSR count). The van der Waals surface area contributed by atoms with Crippen LogP contribution in [0, 0.1) is 0 Å². The van der Waals surface area contributed by atoms with E-state index in [0.29, 0.717) is 12.3 Å². The zero-order valence-corrected chi connectivity index (χ0v) is 19.0. The molecule has 30 heavy (non-hydrogen) atoms. The molecule has 2 aliphatic heterocycles. The molecule has 6 nitrogen and oxygen atoms in total. The average Bonchev–Trinajstić information content (AvgIpc) is 2.76. The fraction of sp³-hybridized carbons (Fsp3) is 0.636. The van der Waals surface area contributed by atoms with E-state index >= 15 is 0 Å². The number of aliphatic hydroxyl groups is 1. The third kappa shape index (κ3) is 7.54. The maximum absolute atomic E-state index is 12.2. The highest BCUT2D eigenvalue weighted by atomic mass is 35.5. The molecule has 0 bridgehead atoms. The molecule has 2 aliphatic rings. The third-order valence-electron chi connectivity index (χ3n) is 5.73. The van der Waals surface area contributed by atoms with Crippen LogP contribution in [0.3, 0.4) is 0 Å². The number of hydrogen-bond donors (Lipinski definition) is 1. The first-order valence-corrected chi connectivity index (χ1v) is 12.4. The van der Waals surface area contributed by atoms with Crippen molar-refractivity contribution in [3.63, 3.8) is 0 Å². The number of rotatable bonds is 9. The first kappa shape index (κ1) is 23.5. The first-order valence-electron chi connectivity index (χ1n) is 10.7. The van der Waals surface area contributed by atoms with Crippen molar-refractivity contribution in [1.82, 2.24) is 14.7 Å². The molecule has 2 heterocycles. The van der Waals surface area contributed by atoms with Gasteiger partial charge in [0.05, 0.1) is 18.4 Å². The molecule has 0 unspecified atom stereocenters. The molecule has 1 aromatic carbocycles. The lowest BCUT2D eigenvalue weighted by Crippen LogP contribution is -2.48. The van der Waals surface area contributed by atoms with Gasteiger partial charge in [-0.15, -0.1) is 23.4 Å². The van der Waals surface area contributed by atoms with Crippen LogP contribution >= 0.6 is 23.4 Å². The smallest absolute Gasteiger partial charge is 0.237 e. The highest BCUT2D eigenvalue weighted by Crippen LogP contribution is 2.17. The molecule has 0 aliphatic carbocycles. The standard InChI is InChI=1S/C22H32ClN3O3S/c23-13-22(29)26-10-8-25(9-11-26)14-18-2-1-3-19(12-18)16-30-17-21(28)15-24-6-4-20(27)5-7-24/h1-3,12,20,27H,4-11,13-17H2. The summed E-state index contributed by atoms with van der Waals surface area (Å²) < 4.78 is 0. The van der Waals surface area contributed by atoms with Crippen LogP contribution in [0.5, 0.6) is 0 Å². The average molecular weight is 454 g/mol. The summed E-state index contributed by atoms with van der Waals surface area (Å²) in [5.41, 5.74) is 2.51. The number of aliphatic hydroxyl groups excluding tert-OH is 1. The number of alkyl halides is 1. The number of nitrogens with zero attached hydrogens (tertiary/aromatic N) is 3. The van der Waals surface area contributed by atoms with Crippen LogP contribution in [0.4, 0.5) is 0 Å². The fourth-order valence-corrected chi connectivity index (χ4v) is 4.98. The highest BCUT2D eigenvalue weighted by molar-refractivity contribution is 7.99. The Balaban J connectivity index is 1.37. The third-order valence-corrected chi connectivity index (χ3v) is 7.02. The predicted molar refractivity (Wildman–Crippen MR) is 122 cm³/mol. The number of hydrogen-bond acceptors (Lipinski definition) is 6. The SMILES string of the molecule is O=C(CSCc1cccc(CN2CCN(C(=O)CCl)CC2)c1)CN1CCC(O)CC1. The lowest BCUT2D eigenvalue weighted by atomic mass is 10.1. The number of amides is 1. The van der Waals surface area contributed by atoms with Gasteiger partial charge in [0.15, 0.2) is 5.78 Å². The van der Waals surface area contributed by atoms with Gasteiger partial charge < -0.3 is 10.0 Å². The molecule has 1 N–H and O–H groups in total. The summed E-state index contributed by atoms with van der Waals surface area (Å²) in [5.74, 6) is 1.69. The van der Waals surface area contributed by atoms with E-state index in [9.17, 15) is 14.7 Å². The Morgan fingerprint density at radius 1 is 1.03 bits per heavy atom. The van der Waals surface area contributed by atoms with Crippen molar-refractivity contribution < 1.29 is 14.7 Å². The molecule has 1 amide bonds. The van der Waals surface area contributed by atoms with Gasteiger partial charge in [-0.05, 0) is 24.0 Å². The van der Waals surface area contributed by atoms with Crippen LogP contribution < -0.4 is 0 Å². The van der Waals surface area contributed by atoms with E-state index in [2.05, 4.69) is 34.1 Å². The maximum atomic E-state index is 12.2. The summed E-state index contributed by atoms with van der Waals surface area (Å²) >= 11 is 7.31. The quantitative estimate of drug-likeness (QED) is 0.575. The molecule has 0 aromatic heterocycles. The number of piperidine rings is 1. The summed E-state index contributed by atoms with van der Waals surface area (Å²) in [6, 6.07) is 8.56. The second-order valence-electron chi connectivity index (χ2n) is 8.15. The monoisotopic (exact) mass is 453 g/mol. The number of likely N-dealkylation sites (tertiary alicyclic amines) is 1. The maximum Gasteiger partial charge on any atom is 0.237 e. The minimum Gasteiger partial charge on any atom is -0.393 e. The lowest BCUT2D eigenvalue weighted by molar-refractivity contribution is -0.130. The van der Waals surface area contributed by atoms with Crippen LogP contribution in [0.2, 0.25) is 0 Å². The van der Waals surface area contributed by atoms with Crippen molar-refractivity contribution >= 4 is 35.1 Å². The number of piperazine rings is 1. The summed E-state index contributed by atoms with van der Waals surface area (Å²) in [6.07, 6.45) is 1.34. The zero-order chi connectivity index (χ0) is 21.3. The molecule has 0 radical (unpaired) electrons. The molecule has 166 valence electrons. The number of ketones is 1. The molecule has 2 saturated heterocycles. The topological polar surface area (TPSA) is 64.1 Å².